The average Bonchev–Trinajstić information content (AvgIpc) is 2.25. The lowest BCUT2D eigenvalue weighted by molar-refractivity contribution is -0.133. The van der Waals surface area contributed by atoms with Gasteiger partial charge in [-0.15, -0.1) is 0 Å². The third kappa shape index (κ3) is 5.14. The molecule has 1 fully saturated rings. The number of nitrogens with zero attached hydrogens (tertiary/aromatic N) is 1. The van der Waals surface area contributed by atoms with Crippen LogP contribution in [0.4, 0.5) is 0 Å². The summed E-state index contributed by atoms with van der Waals surface area (Å²) < 4.78 is 5.34. The summed E-state index contributed by atoms with van der Waals surface area (Å²) in [6, 6.07) is 0. The summed E-state index contributed by atoms with van der Waals surface area (Å²) in [6.07, 6.45) is 3.62. The molecule has 1 saturated heterocycles. The lowest BCUT2D eigenvalue weighted by atomic mass is 9.97. The van der Waals surface area contributed by atoms with E-state index >= 15 is 0 Å². The lowest BCUT2D eigenvalue weighted by Crippen LogP contribution is -2.31. The fourth-order valence-corrected chi connectivity index (χ4v) is 1.71. The molecular weight excluding hydrogens is 192 g/mol. The minimum absolute atomic E-state index is 0.0387. The first-order chi connectivity index (χ1) is 7.20. The SMILES string of the molecule is CN(C)C(=O)COCCC1CCCNC1. The van der Waals surface area contributed by atoms with Gasteiger partial charge in [-0.3, -0.25) is 4.79 Å². The molecule has 0 aromatic carbocycles. The van der Waals surface area contributed by atoms with Crippen LogP contribution in [0.15, 0.2) is 0 Å². The van der Waals surface area contributed by atoms with Crippen molar-refractivity contribution in [2.45, 2.75) is 19.3 Å². The Bertz CT molecular complexity index is 189. The van der Waals surface area contributed by atoms with Crippen LogP contribution in [-0.4, -0.2) is 51.2 Å². The molecule has 0 saturated carbocycles. The van der Waals surface area contributed by atoms with Gasteiger partial charge in [0, 0.05) is 20.7 Å². The molecule has 1 aliphatic rings. The van der Waals surface area contributed by atoms with E-state index in [0.29, 0.717) is 6.61 Å². The largest absolute Gasteiger partial charge is 0.372 e. The van der Waals surface area contributed by atoms with Crippen LogP contribution in [0.25, 0.3) is 0 Å². The highest BCUT2D eigenvalue weighted by Gasteiger charge is 2.12. The molecule has 0 radical (unpaired) electrons. The molecule has 1 unspecified atom stereocenters. The van der Waals surface area contributed by atoms with Crippen molar-refractivity contribution in [1.29, 1.82) is 0 Å². The minimum Gasteiger partial charge on any atom is -0.372 e. The third-order valence-electron chi connectivity index (χ3n) is 2.79. The summed E-state index contributed by atoms with van der Waals surface area (Å²) in [5, 5.41) is 3.37. The molecular formula is C11H22N2O2. The molecule has 1 amide bonds. The Kier molecular flexibility index (Phi) is 5.65. The van der Waals surface area contributed by atoms with Crippen molar-refractivity contribution < 1.29 is 9.53 Å². The van der Waals surface area contributed by atoms with E-state index in [1.165, 1.54) is 12.8 Å². The van der Waals surface area contributed by atoms with E-state index in [4.69, 9.17) is 4.74 Å². The number of ether oxygens (including phenoxy) is 1. The zero-order valence-electron chi connectivity index (χ0n) is 9.79. The number of piperidine rings is 1. The van der Waals surface area contributed by atoms with Crippen molar-refractivity contribution in [3.8, 4) is 0 Å². The van der Waals surface area contributed by atoms with Gasteiger partial charge in [-0.25, -0.2) is 0 Å². The fourth-order valence-electron chi connectivity index (χ4n) is 1.71. The van der Waals surface area contributed by atoms with E-state index in [1.54, 1.807) is 19.0 Å². The molecule has 15 heavy (non-hydrogen) atoms. The van der Waals surface area contributed by atoms with Crippen LogP contribution in [0, 0.1) is 5.92 Å². The van der Waals surface area contributed by atoms with Crippen molar-refractivity contribution >= 4 is 5.91 Å². The van der Waals surface area contributed by atoms with Gasteiger partial charge in [0.15, 0.2) is 0 Å². The normalized spacial score (nSPS) is 21.3. The maximum absolute atomic E-state index is 11.2. The van der Waals surface area contributed by atoms with Gasteiger partial charge in [-0.2, -0.15) is 0 Å². The van der Waals surface area contributed by atoms with Gasteiger partial charge in [0.05, 0.1) is 0 Å². The summed E-state index contributed by atoms with van der Waals surface area (Å²) in [5.74, 6) is 0.768. The molecule has 1 aliphatic heterocycles. The molecule has 0 aromatic rings. The van der Waals surface area contributed by atoms with Gasteiger partial charge < -0.3 is 15.0 Å². The number of rotatable bonds is 5. The maximum atomic E-state index is 11.2. The second kappa shape index (κ2) is 6.80. The summed E-state index contributed by atoms with van der Waals surface area (Å²) in [4.78, 5) is 12.7. The Labute approximate surface area is 92.0 Å². The number of nitrogens with one attached hydrogen (secondary N) is 1. The highest BCUT2D eigenvalue weighted by molar-refractivity contribution is 5.76. The molecule has 0 bridgehead atoms. The minimum atomic E-state index is 0.0387. The van der Waals surface area contributed by atoms with Crippen molar-refractivity contribution in [1.82, 2.24) is 10.2 Å². The van der Waals surface area contributed by atoms with E-state index in [0.717, 1.165) is 25.4 Å². The van der Waals surface area contributed by atoms with Crippen LogP contribution < -0.4 is 5.32 Å². The number of carbonyl (C=O) groups excluding carboxylic acids is 1. The molecule has 1 atom stereocenters. The summed E-state index contributed by atoms with van der Waals surface area (Å²) in [6.45, 7) is 3.17. The lowest BCUT2D eigenvalue weighted by Gasteiger charge is -2.22. The first kappa shape index (κ1) is 12.5. The van der Waals surface area contributed by atoms with E-state index in [9.17, 15) is 4.79 Å². The highest BCUT2D eigenvalue weighted by atomic mass is 16.5. The summed E-state index contributed by atoms with van der Waals surface area (Å²) in [5.41, 5.74) is 0. The third-order valence-corrected chi connectivity index (χ3v) is 2.79. The van der Waals surface area contributed by atoms with E-state index < -0.39 is 0 Å². The Morgan fingerprint density at radius 3 is 2.93 bits per heavy atom. The van der Waals surface area contributed by atoms with E-state index in [1.807, 2.05) is 0 Å². The van der Waals surface area contributed by atoms with Gasteiger partial charge in [-0.1, -0.05) is 0 Å². The van der Waals surface area contributed by atoms with Crippen LogP contribution in [0.3, 0.4) is 0 Å². The van der Waals surface area contributed by atoms with Crippen LogP contribution in [0.2, 0.25) is 0 Å². The fraction of sp³-hybridized carbons (Fsp3) is 0.909. The van der Waals surface area contributed by atoms with Crippen molar-refractivity contribution in [3.63, 3.8) is 0 Å². The topological polar surface area (TPSA) is 41.6 Å². The standard InChI is InChI=1S/C11H22N2O2/c1-13(2)11(14)9-15-7-5-10-4-3-6-12-8-10/h10,12H,3-9H2,1-2H3. The number of carbonyl (C=O) groups is 1. The molecule has 4 heteroatoms. The quantitative estimate of drug-likeness (QED) is 0.677. The van der Waals surface area contributed by atoms with Gasteiger partial charge in [0.1, 0.15) is 6.61 Å². The summed E-state index contributed by atoms with van der Waals surface area (Å²) in [7, 11) is 3.49. The number of hydrogen-bond acceptors (Lipinski definition) is 3. The first-order valence-electron chi connectivity index (χ1n) is 5.68. The predicted molar refractivity (Wildman–Crippen MR) is 59.7 cm³/mol. The van der Waals surface area contributed by atoms with Crippen molar-refractivity contribution in [2.24, 2.45) is 5.92 Å². The highest BCUT2D eigenvalue weighted by Crippen LogP contribution is 2.13. The van der Waals surface area contributed by atoms with Crippen molar-refractivity contribution in [2.75, 3.05) is 40.4 Å². The number of hydrogen-bond donors (Lipinski definition) is 1. The average molecular weight is 214 g/mol. The van der Waals surface area contributed by atoms with Crippen LogP contribution in [-0.2, 0) is 9.53 Å². The molecule has 0 aromatic heterocycles. The Balaban J connectivity index is 1.98. The van der Waals surface area contributed by atoms with Crippen LogP contribution in [0.5, 0.6) is 0 Å². The van der Waals surface area contributed by atoms with Crippen LogP contribution >= 0.6 is 0 Å². The maximum Gasteiger partial charge on any atom is 0.248 e. The van der Waals surface area contributed by atoms with E-state index in [-0.39, 0.29) is 12.5 Å². The monoisotopic (exact) mass is 214 g/mol. The molecule has 88 valence electrons. The van der Waals surface area contributed by atoms with Crippen LogP contribution in [0.1, 0.15) is 19.3 Å². The van der Waals surface area contributed by atoms with Gasteiger partial charge in [-0.05, 0) is 38.3 Å². The zero-order valence-corrected chi connectivity index (χ0v) is 9.79. The molecule has 1 N–H and O–H groups in total. The van der Waals surface area contributed by atoms with Gasteiger partial charge >= 0.3 is 0 Å². The van der Waals surface area contributed by atoms with Crippen molar-refractivity contribution in [3.05, 3.63) is 0 Å². The Morgan fingerprint density at radius 1 is 1.53 bits per heavy atom. The van der Waals surface area contributed by atoms with Gasteiger partial charge in [0.25, 0.3) is 0 Å². The molecule has 0 spiro atoms. The summed E-state index contributed by atoms with van der Waals surface area (Å²) >= 11 is 0. The molecule has 1 heterocycles. The first-order valence-corrected chi connectivity index (χ1v) is 5.68. The second-order valence-corrected chi connectivity index (χ2v) is 4.34. The van der Waals surface area contributed by atoms with E-state index in [2.05, 4.69) is 5.32 Å². The van der Waals surface area contributed by atoms with Gasteiger partial charge in [0.2, 0.25) is 5.91 Å². The Hall–Kier alpha value is -0.610. The zero-order chi connectivity index (χ0) is 11.1. The predicted octanol–water partition coefficient (Wildman–Crippen LogP) is 0.481. The molecule has 0 aliphatic carbocycles. The number of amides is 1. The smallest absolute Gasteiger partial charge is 0.248 e. The second-order valence-electron chi connectivity index (χ2n) is 4.34. The Morgan fingerprint density at radius 2 is 2.33 bits per heavy atom. The molecule has 4 nitrogen and oxygen atoms in total. The number of likely N-dealkylation sites (N-methyl/N-ethyl adjacent to an activating group) is 1. The molecule has 1 rings (SSSR count).